The first-order valence-corrected chi connectivity index (χ1v) is 10.1. The summed E-state index contributed by atoms with van der Waals surface area (Å²) in [5.41, 5.74) is 7.12. The molecule has 31 heavy (non-hydrogen) atoms. The first-order chi connectivity index (χ1) is 14.9. The Hall–Kier alpha value is -3.66. The summed E-state index contributed by atoms with van der Waals surface area (Å²) in [6.45, 7) is 2.31. The van der Waals surface area contributed by atoms with Gasteiger partial charge in [-0.2, -0.15) is 5.10 Å². The zero-order valence-electron chi connectivity index (χ0n) is 16.7. The summed E-state index contributed by atoms with van der Waals surface area (Å²) in [5.74, 6) is 0.259. The molecule has 2 amide bonds. The number of carbonyl (C=O) groups excluding carboxylic acids is 2. The highest BCUT2D eigenvalue weighted by atomic mass is 35.5. The van der Waals surface area contributed by atoms with Gasteiger partial charge >= 0.3 is 0 Å². The van der Waals surface area contributed by atoms with Gasteiger partial charge in [-0.25, -0.2) is 9.97 Å². The van der Waals surface area contributed by atoms with E-state index >= 15 is 0 Å². The predicted molar refractivity (Wildman–Crippen MR) is 117 cm³/mol. The maximum Gasteiger partial charge on any atom is 0.276 e. The Bertz CT molecular complexity index is 1110. The van der Waals surface area contributed by atoms with Crippen molar-refractivity contribution in [1.29, 1.82) is 0 Å². The molecule has 0 unspecified atom stereocenters. The molecule has 1 atom stereocenters. The Balaban J connectivity index is 1.68. The number of H-pyrrole nitrogens is 1. The number of aromatic amines is 1. The number of primary amides is 1. The Morgan fingerprint density at radius 2 is 2.00 bits per heavy atom. The van der Waals surface area contributed by atoms with Gasteiger partial charge in [0.2, 0.25) is 5.91 Å². The standard InChI is InChI=1S/C20H21ClN8O2/c1-11-9-15(28-27-11)25-16-10-23-17(20(31)29-8-2-3-14(29)18(22)30)19(26-16)24-13-6-4-12(21)5-7-13/h4-7,9-10,14H,2-3,8H2,1H3,(H2,22,30)(H3,24,25,26,27,28)/t14-/m1/s1. The number of rotatable bonds is 6. The number of hydrogen-bond acceptors (Lipinski definition) is 7. The summed E-state index contributed by atoms with van der Waals surface area (Å²) in [4.78, 5) is 35.3. The van der Waals surface area contributed by atoms with Gasteiger partial charge in [0.05, 0.1) is 6.20 Å². The van der Waals surface area contributed by atoms with Gasteiger partial charge in [-0.15, -0.1) is 0 Å². The van der Waals surface area contributed by atoms with Crippen molar-refractivity contribution in [1.82, 2.24) is 25.1 Å². The van der Waals surface area contributed by atoms with Crippen LogP contribution in [0, 0.1) is 6.92 Å². The third-order valence-corrected chi connectivity index (χ3v) is 5.14. The summed E-state index contributed by atoms with van der Waals surface area (Å²) < 4.78 is 0. The van der Waals surface area contributed by atoms with Crippen LogP contribution in [0.4, 0.5) is 23.1 Å². The highest BCUT2D eigenvalue weighted by Gasteiger charge is 2.35. The Kier molecular flexibility index (Phi) is 5.72. The molecule has 1 aliphatic rings. The molecule has 0 saturated carbocycles. The number of amides is 2. The van der Waals surface area contributed by atoms with E-state index in [2.05, 4.69) is 30.8 Å². The zero-order valence-corrected chi connectivity index (χ0v) is 17.5. The molecule has 0 spiro atoms. The van der Waals surface area contributed by atoms with Gasteiger partial charge in [0.1, 0.15) is 6.04 Å². The van der Waals surface area contributed by atoms with Crippen LogP contribution >= 0.6 is 11.6 Å². The van der Waals surface area contributed by atoms with Crippen LogP contribution in [0.25, 0.3) is 0 Å². The quantitative estimate of drug-likeness (QED) is 0.461. The lowest BCUT2D eigenvalue weighted by Crippen LogP contribution is -2.44. The molecular formula is C20H21ClN8O2. The third kappa shape index (κ3) is 4.58. The van der Waals surface area contributed by atoms with Gasteiger partial charge < -0.3 is 21.3 Å². The molecule has 5 N–H and O–H groups in total. The van der Waals surface area contributed by atoms with Crippen molar-refractivity contribution in [3.8, 4) is 0 Å². The van der Waals surface area contributed by atoms with Crippen molar-refractivity contribution < 1.29 is 9.59 Å². The predicted octanol–water partition coefficient (Wildman–Crippen LogP) is 2.74. The van der Waals surface area contributed by atoms with Crippen LogP contribution in [0.3, 0.4) is 0 Å². The number of nitrogens with one attached hydrogen (secondary N) is 3. The summed E-state index contributed by atoms with van der Waals surface area (Å²) in [5, 5.41) is 13.7. The second-order valence-electron chi connectivity index (χ2n) is 7.20. The molecule has 0 radical (unpaired) electrons. The minimum Gasteiger partial charge on any atom is -0.368 e. The normalized spacial score (nSPS) is 15.7. The van der Waals surface area contributed by atoms with E-state index in [-0.39, 0.29) is 11.5 Å². The molecule has 3 aromatic rings. The van der Waals surface area contributed by atoms with E-state index in [1.165, 1.54) is 11.1 Å². The topological polar surface area (TPSA) is 142 Å². The van der Waals surface area contributed by atoms with Gasteiger partial charge in [0.15, 0.2) is 23.1 Å². The second-order valence-corrected chi connectivity index (χ2v) is 7.64. The minimum atomic E-state index is -0.650. The van der Waals surface area contributed by atoms with Gasteiger partial charge in [-0.1, -0.05) is 11.6 Å². The third-order valence-electron chi connectivity index (χ3n) is 4.89. The number of nitrogens with two attached hydrogens (primary N) is 1. The van der Waals surface area contributed by atoms with Gasteiger partial charge in [-0.05, 0) is 44.0 Å². The maximum absolute atomic E-state index is 13.2. The molecule has 1 aliphatic heterocycles. The number of halogens is 1. The highest BCUT2D eigenvalue weighted by molar-refractivity contribution is 6.30. The molecular weight excluding hydrogens is 420 g/mol. The van der Waals surface area contributed by atoms with Crippen molar-refractivity contribution >= 4 is 46.6 Å². The van der Waals surface area contributed by atoms with E-state index in [0.717, 1.165) is 5.69 Å². The first kappa shape index (κ1) is 20.6. The van der Waals surface area contributed by atoms with E-state index < -0.39 is 17.9 Å². The Morgan fingerprint density at radius 1 is 1.23 bits per heavy atom. The fourth-order valence-corrected chi connectivity index (χ4v) is 3.54. The molecule has 3 heterocycles. The van der Waals surface area contributed by atoms with Gasteiger partial charge in [0, 0.05) is 29.0 Å². The van der Waals surface area contributed by atoms with Crippen molar-refractivity contribution in [2.24, 2.45) is 5.73 Å². The summed E-state index contributed by atoms with van der Waals surface area (Å²) >= 11 is 5.97. The van der Waals surface area contributed by atoms with Gasteiger partial charge in [0.25, 0.3) is 5.91 Å². The number of likely N-dealkylation sites (tertiary alicyclic amines) is 1. The molecule has 10 nitrogen and oxygen atoms in total. The van der Waals surface area contributed by atoms with E-state index in [9.17, 15) is 9.59 Å². The molecule has 1 fully saturated rings. The number of benzene rings is 1. The van der Waals surface area contributed by atoms with E-state index in [1.54, 1.807) is 24.3 Å². The SMILES string of the molecule is Cc1cc(Nc2cnc(C(=O)N3CCC[C@@H]3C(N)=O)c(Nc3ccc(Cl)cc3)n2)n[nH]1. The van der Waals surface area contributed by atoms with Crippen LogP contribution in [0.5, 0.6) is 0 Å². The average molecular weight is 441 g/mol. The maximum atomic E-state index is 13.2. The molecule has 4 rings (SSSR count). The lowest BCUT2D eigenvalue weighted by molar-refractivity contribution is -0.121. The van der Waals surface area contributed by atoms with Crippen molar-refractivity contribution in [3.63, 3.8) is 0 Å². The lowest BCUT2D eigenvalue weighted by atomic mass is 10.2. The molecule has 0 bridgehead atoms. The van der Waals surface area contributed by atoms with Crippen LogP contribution in [0.1, 0.15) is 29.0 Å². The van der Waals surface area contributed by atoms with Crippen molar-refractivity contribution in [2.45, 2.75) is 25.8 Å². The summed E-state index contributed by atoms with van der Waals surface area (Å²) in [6, 6.07) is 8.13. The summed E-state index contributed by atoms with van der Waals surface area (Å²) in [6.07, 6.45) is 2.68. The number of aromatic nitrogens is 4. The number of anilines is 4. The number of carbonyl (C=O) groups is 2. The largest absolute Gasteiger partial charge is 0.368 e. The second kappa shape index (κ2) is 8.60. The zero-order chi connectivity index (χ0) is 22.0. The monoisotopic (exact) mass is 440 g/mol. The molecule has 11 heteroatoms. The molecule has 1 aromatic carbocycles. The first-order valence-electron chi connectivity index (χ1n) is 9.69. The smallest absolute Gasteiger partial charge is 0.276 e. The van der Waals surface area contributed by atoms with E-state index in [4.69, 9.17) is 17.3 Å². The van der Waals surface area contributed by atoms with Crippen molar-refractivity contribution in [3.05, 3.63) is 52.9 Å². The fourth-order valence-electron chi connectivity index (χ4n) is 3.42. The average Bonchev–Trinajstić information content (AvgIpc) is 3.39. The summed E-state index contributed by atoms with van der Waals surface area (Å²) in [7, 11) is 0. The molecule has 2 aromatic heterocycles. The molecule has 1 saturated heterocycles. The Labute approximate surface area is 183 Å². The van der Waals surface area contributed by atoms with E-state index in [0.29, 0.717) is 41.7 Å². The van der Waals surface area contributed by atoms with E-state index in [1.807, 2.05) is 13.0 Å². The lowest BCUT2D eigenvalue weighted by Gasteiger charge is -2.23. The minimum absolute atomic E-state index is 0.0897. The number of nitrogens with zero attached hydrogens (tertiary/aromatic N) is 4. The Morgan fingerprint density at radius 3 is 2.68 bits per heavy atom. The van der Waals surface area contributed by atoms with Crippen LogP contribution in [0.2, 0.25) is 5.02 Å². The number of hydrogen-bond donors (Lipinski definition) is 4. The molecule has 160 valence electrons. The van der Waals surface area contributed by atoms with Gasteiger partial charge in [-0.3, -0.25) is 14.7 Å². The highest BCUT2D eigenvalue weighted by Crippen LogP contribution is 2.26. The van der Waals surface area contributed by atoms with Crippen LogP contribution in [-0.4, -0.2) is 49.5 Å². The fraction of sp³-hybridized carbons (Fsp3) is 0.250. The van der Waals surface area contributed by atoms with Crippen LogP contribution in [0.15, 0.2) is 36.5 Å². The van der Waals surface area contributed by atoms with Crippen molar-refractivity contribution in [2.75, 3.05) is 17.2 Å². The number of aryl methyl sites for hydroxylation is 1. The van der Waals surface area contributed by atoms with Crippen LogP contribution < -0.4 is 16.4 Å². The molecule has 0 aliphatic carbocycles. The van der Waals surface area contributed by atoms with Crippen LogP contribution in [-0.2, 0) is 4.79 Å².